The Morgan fingerprint density at radius 2 is 0.603 bits per heavy atom. The fraction of sp³-hybridized carbons (Fsp3) is 0.944. The minimum absolute atomic E-state index is 0.0176. The first-order chi connectivity index (χ1) is 38.5. The Labute approximate surface area is 489 Å². The number of unbranched alkanes of at least 4 members (excludes halogenated alkanes) is 55. The number of allylic oxidation sites excluding steroid dienone is 2. The summed E-state index contributed by atoms with van der Waals surface area (Å²) in [6.07, 6.45) is 84.1. The van der Waals surface area contributed by atoms with Crippen LogP contribution in [0.15, 0.2) is 12.2 Å². The number of aliphatic hydroxyl groups excluding tert-OH is 2. The molecule has 1 amide bonds. The van der Waals surface area contributed by atoms with Crippen LogP contribution in [0.3, 0.4) is 0 Å². The molecule has 6 heteroatoms. The van der Waals surface area contributed by atoms with Gasteiger partial charge < -0.3 is 20.3 Å². The van der Waals surface area contributed by atoms with Crippen LogP contribution in [0.1, 0.15) is 412 Å². The van der Waals surface area contributed by atoms with E-state index in [0.29, 0.717) is 25.9 Å². The van der Waals surface area contributed by atoms with Crippen molar-refractivity contribution >= 4 is 11.9 Å². The fourth-order valence-electron chi connectivity index (χ4n) is 11.6. The Kier molecular flexibility index (Phi) is 66.9. The predicted octanol–water partition coefficient (Wildman–Crippen LogP) is 23.1. The number of carbonyl (C=O) groups excluding carboxylic acids is 2. The third-order valence-electron chi connectivity index (χ3n) is 17.1. The highest BCUT2D eigenvalue weighted by atomic mass is 16.5. The summed E-state index contributed by atoms with van der Waals surface area (Å²) in [4.78, 5) is 24.6. The highest BCUT2D eigenvalue weighted by Gasteiger charge is 2.20. The van der Waals surface area contributed by atoms with Crippen molar-refractivity contribution in [2.75, 3.05) is 13.2 Å². The highest BCUT2D eigenvalue weighted by molar-refractivity contribution is 5.76. The van der Waals surface area contributed by atoms with E-state index in [4.69, 9.17) is 4.74 Å². The van der Waals surface area contributed by atoms with Crippen LogP contribution in [0.2, 0.25) is 0 Å². The smallest absolute Gasteiger partial charge is 0.305 e. The molecule has 0 aliphatic carbocycles. The first-order valence-corrected chi connectivity index (χ1v) is 35.9. The van der Waals surface area contributed by atoms with Gasteiger partial charge in [-0.05, 0) is 51.4 Å². The second-order valence-electron chi connectivity index (χ2n) is 24.9. The van der Waals surface area contributed by atoms with Gasteiger partial charge >= 0.3 is 5.97 Å². The Bertz CT molecular complexity index is 1180. The lowest BCUT2D eigenvalue weighted by atomic mass is 10.0. The Morgan fingerprint density at radius 1 is 0.346 bits per heavy atom. The van der Waals surface area contributed by atoms with Gasteiger partial charge in [-0.25, -0.2) is 0 Å². The summed E-state index contributed by atoms with van der Waals surface area (Å²) in [5.41, 5.74) is 0. The second kappa shape index (κ2) is 68.1. The van der Waals surface area contributed by atoms with Crippen LogP contribution < -0.4 is 5.32 Å². The summed E-state index contributed by atoms with van der Waals surface area (Å²) in [6, 6.07) is -0.537. The molecule has 2 atom stereocenters. The maximum Gasteiger partial charge on any atom is 0.305 e. The number of esters is 1. The van der Waals surface area contributed by atoms with Crippen molar-refractivity contribution in [1.29, 1.82) is 0 Å². The van der Waals surface area contributed by atoms with Gasteiger partial charge in [0.15, 0.2) is 0 Å². The van der Waals surface area contributed by atoms with Gasteiger partial charge in [0.2, 0.25) is 5.91 Å². The zero-order chi connectivity index (χ0) is 56.4. The largest absolute Gasteiger partial charge is 0.466 e. The van der Waals surface area contributed by atoms with E-state index in [9.17, 15) is 19.8 Å². The molecule has 0 heterocycles. The number of hydrogen-bond acceptors (Lipinski definition) is 5. The summed E-state index contributed by atoms with van der Waals surface area (Å²) in [7, 11) is 0. The van der Waals surface area contributed by atoms with Crippen LogP contribution in [-0.2, 0) is 14.3 Å². The van der Waals surface area contributed by atoms with E-state index in [-0.39, 0.29) is 18.5 Å². The average Bonchev–Trinajstić information content (AvgIpc) is 3.44. The summed E-state index contributed by atoms with van der Waals surface area (Å²) in [5.74, 6) is -0.0109. The molecule has 0 aliphatic rings. The van der Waals surface area contributed by atoms with Crippen molar-refractivity contribution in [2.24, 2.45) is 0 Å². The Morgan fingerprint density at radius 3 is 0.910 bits per heavy atom. The minimum Gasteiger partial charge on any atom is -0.466 e. The molecule has 78 heavy (non-hydrogen) atoms. The van der Waals surface area contributed by atoms with E-state index in [0.717, 1.165) is 44.9 Å². The van der Waals surface area contributed by atoms with E-state index >= 15 is 0 Å². The van der Waals surface area contributed by atoms with E-state index in [1.165, 1.54) is 334 Å². The van der Waals surface area contributed by atoms with Crippen molar-refractivity contribution in [3.05, 3.63) is 12.2 Å². The summed E-state index contributed by atoms with van der Waals surface area (Å²) in [5, 5.41) is 23.3. The zero-order valence-corrected chi connectivity index (χ0v) is 53.2. The molecule has 0 radical (unpaired) electrons. The number of nitrogens with one attached hydrogen (secondary N) is 1. The van der Waals surface area contributed by atoms with Gasteiger partial charge in [-0.1, -0.05) is 360 Å². The molecule has 464 valence electrons. The summed E-state index contributed by atoms with van der Waals surface area (Å²) in [6.45, 7) is 4.99. The molecule has 0 bridgehead atoms. The van der Waals surface area contributed by atoms with Gasteiger partial charge in [-0.3, -0.25) is 9.59 Å². The van der Waals surface area contributed by atoms with Crippen LogP contribution in [0.25, 0.3) is 0 Å². The van der Waals surface area contributed by atoms with Gasteiger partial charge in [-0.2, -0.15) is 0 Å². The molecule has 0 aromatic rings. The quantitative estimate of drug-likeness (QED) is 0.0320. The van der Waals surface area contributed by atoms with Gasteiger partial charge in [0.25, 0.3) is 0 Å². The molecule has 0 saturated heterocycles. The number of amides is 1. The predicted molar refractivity (Wildman–Crippen MR) is 343 cm³/mol. The number of carbonyl (C=O) groups is 2. The van der Waals surface area contributed by atoms with E-state index < -0.39 is 12.1 Å². The fourth-order valence-corrected chi connectivity index (χ4v) is 11.6. The molecule has 0 fully saturated rings. The monoisotopic (exact) mass is 1100 g/mol. The number of aliphatic hydroxyl groups is 2. The van der Waals surface area contributed by atoms with Gasteiger partial charge in [-0.15, -0.1) is 0 Å². The molecule has 0 rings (SSSR count). The maximum atomic E-state index is 12.5. The van der Waals surface area contributed by atoms with E-state index in [1.54, 1.807) is 0 Å². The lowest BCUT2D eigenvalue weighted by molar-refractivity contribution is -0.143. The minimum atomic E-state index is -0.661. The molecular formula is C72H141NO5. The third-order valence-corrected chi connectivity index (χ3v) is 17.1. The zero-order valence-electron chi connectivity index (χ0n) is 53.2. The lowest BCUT2D eigenvalue weighted by Crippen LogP contribution is -2.45. The Hall–Kier alpha value is -1.40. The lowest BCUT2D eigenvalue weighted by Gasteiger charge is -2.22. The summed E-state index contributed by atoms with van der Waals surface area (Å²) >= 11 is 0. The van der Waals surface area contributed by atoms with Crippen LogP contribution >= 0.6 is 0 Å². The van der Waals surface area contributed by atoms with Crippen LogP contribution in [0.4, 0.5) is 0 Å². The van der Waals surface area contributed by atoms with E-state index in [2.05, 4.69) is 31.3 Å². The molecule has 0 spiro atoms. The van der Waals surface area contributed by atoms with Crippen molar-refractivity contribution in [3.63, 3.8) is 0 Å². The van der Waals surface area contributed by atoms with Crippen LogP contribution in [0.5, 0.6) is 0 Å². The topological polar surface area (TPSA) is 95.9 Å². The van der Waals surface area contributed by atoms with Crippen LogP contribution in [0, 0.1) is 0 Å². The SMILES string of the molecule is CCCCCCCCC/C=C\CCCCCCCCCC(=O)OCCCCCCCCCCCCCCCCCCCCCCCCCCCCCCCC(=O)NC(CO)C(O)CCCCCCCCCCCCCCCC. The summed E-state index contributed by atoms with van der Waals surface area (Å²) < 4.78 is 5.51. The van der Waals surface area contributed by atoms with E-state index in [1.807, 2.05) is 0 Å². The molecule has 3 N–H and O–H groups in total. The van der Waals surface area contributed by atoms with Crippen molar-refractivity contribution in [2.45, 2.75) is 424 Å². The standard InChI is InChI=1S/C72H141NO5/c1-3-5-7-9-11-13-15-17-19-20-35-38-42-46-50-54-58-62-66-72(77)78-67-63-59-55-51-47-43-39-36-33-31-29-27-25-23-21-22-24-26-28-30-32-34-37-41-45-49-53-57-61-65-71(76)73-69(68-74)70(75)64-60-56-52-48-44-40-18-16-14-12-10-8-6-4-2/h19-20,69-70,74-75H,3-18,21-68H2,1-2H3,(H,73,76)/b20-19-. The molecule has 2 unspecified atom stereocenters. The van der Waals surface area contributed by atoms with Crippen molar-refractivity contribution in [3.8, 4) is 0 Å². The number of hydrogen-bond donors (Lipinski definition) is 3. The number of ether oxygens (including phenoxy) is 1. The van der Waals surface area contributed by atoms with Gasteiger partial charge in [0.1, 0.15) is 0 Å². The molecule has 0 saturated carbocycles. The molecule has 0 aliphatic heterocycles. The van der Waals surface area contributed by atoms with Crippen molar-refractivity contribution in [1.82, 2.24) is 5.32 Å². The molecule has 6 nitrogen and oxygen atoms in total. The average molecular weight is 1100 g/mol. The van der Waals surface area contributed by atoms with Crippen molar-refractivity contribution < 1.29 is 24.5 Å². The second-order valence-corrected chi connectivity index (χ2v) is 24.9. The highest BCUT2D eigenvalue weighted by Crippen LogP contribution is 2.19. The maximum absolute atomic E-state index is 12.5. The van der Waals surface area contributed by atoms with Gasteiger partial charge in [0.05, 0.1) is 25.4 Å². The Balaban J connectivity index is 3.31. The first kappa shape index (κ1) is 76.6. The number of rotatable bonds is 68. The van der Waals surface area contributed by atoms with Gasteiger partial charge in [0, 0.05) is 12.8 Å². The third kappa shape index (κ3) is 63.8. The molecule has 0 aromatic carbocycles. The molecular weight excluding hydrogens is 959 g/mol. The normalized spacial score (nSPS) is 12.5. The van der Waals surface area contributed by atoms with Crippen LogP contribution in [-0.4, -0.2) is 47.4 Å². The molecule has 0 aromatic heterocycles. The first-order valence-electron chi connectivity index (χ1n) is 35.9.